The van der Waals surface area contributed by atoms with E-state index in [0.29, 0.717) is 13.0 Å². The minimum atomic E-state index is -4.39. The standard InChI is InChI=1S/C11H21F3N2O2/c1-3-9(4-5-17)6-15-8(2)10(18)16-7-11(12,13)14/h8-9,15,17H,3-7H2,1-2H3,(H,16,18). The quantitative estimate of drug-likeness (QED) is 0.618. The lowest BCUT2D eigenvalue weighted by Crippen LogP contribution is -2.46. The molecule has 1 amide bonds. The van der Waals surface area contributed by atoms with Gasteiger partial charge in [-0.2, -0.15) is 13.2 Å². The van der Waals surface area contributed by atoms with Gasteiger partial charge in [0.05, 0.1) is 6.04 Å². The molecule has 0 aromatic carbocycles. The van der Waals surface area contributed by atoms with Gasteiger partial charge >= 0.3 is 6.18 Å². The summed E-state index contributed by atoms with van der Waals surface area (Å²) in [6.07, 6.45) is -2.94. The smallest absolute Gasteiger partial charge is 0.396 e. The third kappa shape index (κ3) is 8.30. The van der Waals surface area contributed by atoms with Crippen LogP contribution in [0.2, 0.25) is 0 Å². The van der Waals surface area contributed by atoms with Gasteiger partial charge in [0.1, 0.15) is 6.54 Å². The number of halogens is 3. The Morgan fingerprint density at radius 2 is 2.00 bits per heavy atom. The summed E-state index contributed by atoms with van der Waals surface area (Å²) in [5.74, 6) is -0.459. The number of carbonyl (C=O) groups excluding carboxylic acids is 1. The minimum Gasteiger partial charge on any atom is -0.396 e. The molecule has 0 aromatic heterocycles. The molecule has 3 N–H and O–H groups in total. The Bertz CT molecular complexity index is 247. The summed E-state index contributed by atoms with van der Waals surface area (Å²) in [7, 11) is 0. The molecule has 0 aliphatic heterocycles. The normalized spacial score (nSPS) is 15.2. The first kappa shape index (κ1) is 17.2. The molecule has 0 radical (unpaired) electrons. The van der Waals surface area contributed by atoms with E-state index in [1.807, 2.05) is 12.2 Å². The minimum absolute atomic E-state index is 0.0643. The molecule has 7 heteroatoms. The second-order valence-electron chi connectivity index (χ2n) is 4.25. The van der Waals surface area contributed by atoms with Crippen LogP contribution in [0.25, 0.3) is 0 Å². The van der Waals surface area contributed by atoms with Crippen molar-refractivity contribution in [3.8, 4) is 0 Å². The van der Waals surface area contributed by atoms with E-state index in [0.717, 1.165) is 6.42 Å². The van der Waals surface area contributed by atoms with Crippen LogP contribution in [0.4, 0.5) is 13.2 Å². The lowest BCUT2D eigenvalue weighted by molar-refractivity contribution is -0.139. The van der Waals surface area contributed by atoms with Gasteiger partial charge in [0.15, 0.2) is 0 Å². The number of carbonyl (C=O) groups is 1. The summed E-state index contributed by atoms with van der Waals surface area (Å²) < 4.78 is 35.7. The molecule has 0 saturated heterocycles. The van der Waals surface area contributed by atoms with Crippen LogP contribution in [0, 0.1) is 5.92 Å². The molecule has 0 aliphatic carbocycles. The fourth-order valence-electron chi connectivity index (χ4n) is 1.41. The van der Waals surface area contributed by atoms with Gasteiger partial charge in [-0.05, 0) is 25.8 Å². The lowest BCUT2D eigenvalue weighted by atomic mass is 10.0. The molecule has 0 aromatic rings. The summed E-state index contributed by atoms with van der Waals surface area (Å²) in [5.41, 5.74) is 0. The summed E-state index contributed by atoms with van der Waals surface area (Å²) >= 11 is 0. The van der Waals surface area contributed by atoms with E-state index in [1.165, 1.54) is 6.92 Å². The molecular formula is C11H21F3N2O2. The highest BCUT2D eigenvalue weighted by molar-refractivity contribution is 5.81. The molecule has 2 atom stereocenters. The Morgan fingerprint density at radius 3 is 2.44 bits per heavy atom. The molecule has 0 heterocycles. The Balaban J connectivity index is 3.93. The fourth-order valence-corrected chi connectivity index (χ4v) is 1.41. The van der Waals surface area contributed by atoms with Gasteiger partial charge in [0.25, 0.3) is 0 Å². The van der Waals surface area contributed by atoms with Crippen LogP contribution < -0.4 is 10.6 Å². The summed E-state index contributed by atoms with van der Waals surface area (Å²) in [6, 6.07) is -0.680. The van der Waals surface area contributed by atoms with Crippen LogP contribution in [-0.2, 0) is 4.79 Å². The molecule has 0 spiro atoms. The van der Waals surface area contributed by atoms with E-state index in [9.17, 15) is 18.0 Å². The van der Waals surface area contributed by atoms with Crippen molar-refractivity contribution in [3.63, 3.8) is 0 Å². The number of amides is 1. The van der Waals surface area contributed by atoms with Crippen LogP contribution in [0.1, 0.15) is 26.7 Å². The largest absolute Gasteiger partial charge is 0.405 e. The molecular weight excluding hydrogens is 249 g/mol. The van der Waals surface area contributed by atoms with Crippen molar-refractivity contribution in [2.24, 2.45) is 5.92 Å². The average molecular weight is 270 g/mol. The fraction of sp³-hybridized carbons (Fsp3) is 0.909. The molecule has 0 saturated carbocycles. The van der Waals surface area contributed by atoms with Crippen molar-refractivity contribution in [1.29, 1.82) is 0 Å². The molecule has 0 rings (SSSR count). The monoisotopic (exact) mass is 270 g/mol. The zero-order chi connectivity index (χ0) is 14.2. The van der Waals surface area contributed by atoms with Crippen molar-refractivity contribution in [3.05, 3.63) is 0 Å². The number of hydrogen-bond donors (Lipinski definition) is 3. The van der Waals surface area contributed by atoms with E-state index >= 15 is 0 Å². The first-order valence-electron chi connectivity index (χ1n) is 5.98. The lowest BCUT2D eigenvalue weighted by Gasteiger charge is -2.19. The second-order valence-corrected chi connectivity index (χ2v) is 4.25. The van der Waals surface area contributed by atoms with Crippen molar-refractivity contribution in [2.45, 2.75) is 38.9 Å². The SMILES string of the molecule is CCC(CCO)CNC(C)C(=O)NCC(F)(F)F. The van der Waals surface area contributed by atoms with Gasteiger partial charge in [0, 0.05) is 6.61 Å². The molecule has 0 fully saturated rings. The molecule has 2 unspecified atom stereocenters. The van der Waals surface area contributed by atoms with E-state index < -0.39 is 24.7 Å². The number of nitrogens with one attached hydrogen (secondary N) is 2. The van der Waals surface area contributed by atoms with Gasteiger partial charge in [0.2, 0.25) is 5.91 Å². The number of alkyl halides is 3. The van der Waals surface area contributed by atoms with Crippen molar-refractivity contribution < 1.29 is 23.1 Å². The Morgan fingerprint density at radius 1 is 1.39 bits per heavy atom. The van der Waals surface area contributed by atoms with Gasteiger partial charge in [-0.1, -0.05) is 13.3 Å². The van der Waals surface area contributed by atoms with Crippen LogP contribution in [0.3, 0.4) is 0 Å². The highest BCUT2D eigenvalue weighted by Crippen LogP contribution is 2.12. The molecule has 0 aliphatic rings. The predicted molar refractivity (Wildman–Crippen MR) is 62.0 cm³/mol. The van der Waals surface area contributed by atoms with E-state index in [4.69, 9.17) is 5.11 Å². The highest BCUT2D eigenvalue weighted by Gasteiger charge is 2.28. The van der Waals surface area contributed by atoms with Crippen molar-refractivity contribution >= 4 is 5.91 Å². The van der Waals surface area contributed by atoms with Gasteiger partial charge < -0.3 is 15.7 Å². The van der Waals surface area contributed by atoms with E-state index in [1.54, 1.807) is 0 Å². The van der Waals surface area contributed by atoms with E-state index in [2.05, 4.69) is 5.32 Å². The molecule has 4 nitrogen and oxygen atoms in total. The number of aliphatic hydroxyl groups excluding tert-OH is 1. The van der Waals surface area contributed by atoms with Crippen LogP contribution in [0.15, 0.2) is 0 Å². The Hall–Kier alpha value is -0.820. The molecule has 0 bridgehead atoms. The maximum Gasteiger partial charge on any atom is 0.405 e. The first-order valence-corrected chi connectivity index (χ1v) is 5.98. The second kappa shape index (κ2) is 8.31. The van der Waals surface area contributed by atoms with Crippen LogP contribution in [0.5, 0.6) is 0 Å². The zero-order valence-corrected chi connectivity index (χ0v) is 10.7. The zero-order valence-electron chi connectivity index (χ0n) is 10.7. The van der Waals surface area contributed by atoms with Gasteiger partial charge in [-0.15, -0.1) is 0 Å². The maximum atomic E-state index is 11.9. The maximum absolute atomic E-state index is 11.9. The highest BCUT2D eigenvalue weighted by atomic mass is 19.4. The third-order valence-corrected chi connectivity index (χ3v) is 2.68. The summed E-state index contributed by atoms with van der Waals surface area (Å²) in [4.78, 5) is 11.3. The first-order chi connectivity index (χ1) is 8.30. The Kier molecular flexibility index (Phi) is 7.93. The summed E-state index contributed by atoms with van der Waals surface area (Å²) in [5, 5.41) is 13.5. The third-order valence-electron chi connectivity index (χ3n) is 2.68. The number of hydrogen-bond acceptors (Lipinski definition) is 3. The predicted octanol–water partition coefficient (Wildman–Crippen LogP) is 1.05. The number of rotatable bonds is 8. The van der Waals surface area contributed by atoms with Gasteiger partial charge in [-0.3, -0.25) is 4.79 Å². The molecule has 108 valence electrons. The van der Waals surface area contributed by atoms with Crippen LogP contribution >= 0.6 is 0 Å². The average Bonchev–Trinajstić information content (AvgIpc) is 2.29. The van der Waals surface area contributed by atoms with Crippen LogP contribution in [-0.4, -0.2) is 42.9 Å². The number of aliphatic hydroxyl groups is 1. The van der Waals surface area contributed by atoms with Crippen molar-refractivity contribution in [1.82, 2.24) is 10.6 Å². The summed E-state index contributed by atoms with van der Waals surface area (Å²) in [6.45, 7) is 2.71. The Labute approximate surface area is 105 Å². The van der Waals surface area contributed by atoms with Gasteiger partial charge in [-0.25, -0.2) is 0 Å². The van der Waals surface area contributed by atoms with E-state index in [-0.39, 0.29) is 12.5 Å². The molecule has 18 heavy (non-hydrogen) atoms. The topological polar surface area (TPSA) is 61.4 Å². The van der Waals surface area contributed by atoms with Crippen molar-refractivity contribution in [2.75, 3.05) is 19.7 Å².